The third-order valence-electron chi connectivity index (χ3n) is 6.84. The fourth-order valence-corrected chi connectivity index (χ4v) is 4.86. The van der Waals surface area contributed by atoms with Crippen molar-refractivity contribution >= 4 is 11.0 Å². The Hall–Kier alpha value is -3.47. The van der Waals surface area contributed by atoms with Crippen molar-refractivity contribution in [1.82, 2.24) is 9.55 Å². The van der Waals surface area contributed by atoms with Gasteiger partial charge in [-0.3, -0.25) is 4.57 Å². The molecule has 1 unspecified atom stereocenters. The van der Waals surface area contributed by atoms with Crippen molar-refractivity contribution in [2.75, 3.05) is 14.2 Å². The number of ether oxygens (including phenoxy) is 3. The lowest BCUT2D eigenvalue weighted by Gasteiger charge is -2.20. The van der Waals surface area contributed by atoms with E-state index in [0.717, 1.165) is 83.0 Å². The van der Waals surface area contributed by atoms with Crippen molar-refractivity contribution in [3.63, 3.8) is 0 Å². The Labute approximate surface area is 221 Å². The minimum atomic E-state index is 0.102. The van der Waals surface area contributed by atoms with Gasteiger partial charge in [0, 0.05) is 29.3 Å². The zero-order chi connectivity index (χ0) is 26.2. The maximum Gasteiger partial charge on any atom is 0.154 e. The second kappa shape index (κ2) is 12.7. The van der Waals surface area contributed by atoms with E-state index in [0.29, 0.717) is 0 Å². The molecule has 0 bridgehead atoms. The van der Waals surface area contributed by atoms with Gasteiger partial charge in [0.2, 0.25) is 0 Å². The van der Waals surface area contributed by atoms with E-state index in [2.05, 4.69) is 67.8 Å². The molecule has 0 amide bonds. The summed E-state index contributed by atoms with van der Waals surface area (Å²) in [5.74, 6) is 3.39. The number of methoxy groups -OCH3 is 2. The lowest BCUT2D eigenvalue weighted by molar-refractivity contribution is 0.207. The van der Waals surface area contributed by atoms with Crippen LogP contribution in [0.1, 0.15) is 65.1 Å². The highest BCUT2D eigenvalue weighted by molar-refractivity contribution is 5.93. The summed E-state index contributed by atoms with van der Waals surface area (Å²) in [5, 5.41) is 0. The molecular formula is C32H40N2O3. The molecule has 0 spiro atoms. The van der Waals surface area contributed by atoms with Gasteiger partial charge in [-0.2, -0.15) is 0 Å². The number of aromatic nitrogens is 2. The molecule has 4 aromatic rings. The topological polar surface area (TPSA) is 45.5 Å². The number of aryl methyl sites for hydroxylation is 1. The number of hydrogen-bond donors (Lipinski definition) is 0. The normalized spacial score (nSPS) is 12.0. The number of para-hydroxylation sites is 1. The zero-order valence-corrected chi connectivity index (χ0v) is 22.9. The van der Waals surface area contributed by atoms with Crippen molar-refractivity contribution in [3.05, 3.63) is 66.5 Å². The van der Waals surface area contributed by atoms with Crippen LogP contribution in [0.2, 0.25) is 0 Å². The predicted octanol–water partition coefficient (Wildman–Crippen LogP) is 8.40. The molecule has 1 aromatic heterocycles. The van der Waals surface area contributed by atoms with Gasteiger partial charge >= 0.3 is 0 Å². The van der Waals surface area contributed by atoms with Crippen molar-refractivity contribution < 1.29 is 14.2 Å². The van der Waals surface area contributed by atoms with Crippen LogP contribution in [0.5, 0.6) is 17.2 Å². The third-order valence-corrected chi connectivity index (χ3v) is 6.84. The van der Waals surface area contributed by atoms with Gasteiger partial charge in [0.1, 0.15) is 22.8 Å². The van der Waals surface area contributed by atoms with Crippen molar-refractivity contribution in [2.24, 2.45) is 0 Å². The summed E-state index contributed by atoms with van der Waals surface area (Å²) in [7, 11) is 3.41. The molecule has 196 valence electrons. The number of fused-ring (bicyclic) bond motifs is 1. The third kappa shape index (κ3) is 5.93. The lowest BCUT2D eigenvalue weighted by Crippen LogP contribution is -2.12. The molecule has 5 heteroatoms. The van der Waals surface area contributed by atoms with Gasteiger partial charge in [0.25, 0.3) is 0 Å². The molecule has 0 aliphatic rings. The van der Waals surface area contributed by atoms with Gasteiger partial charge in [0.05, 0.1) is 25.8 Å². The summed E-state index contributed by atoms with van der Waals surface area (Å²) in [6, 6.07) is 20.7. The Morgan fingerprint density at radius 2 is 1.59 bits per heavy atom. The van der Waals surface area contributed by atoms with E-state index in [1.807, 2.05) is 18.2 Å². The van der Waals surface area contributed by atoms with E-state index in [-0.39, 0.29) is 6.10 Å². The van der Waals surface area contributed by atoms with Gasteiger partial charge < -0.3 is 14.2 Å². The number of nitrogens with zero attached hydrogens (tertiary/aromatic N) is 2. The van der Waals surface area contributed by atoms with Crippen LogP contribution >= 0.6 is 0 Å². The molecule has 0 radical (unpaired) electrons. The van der Waals surface area contributed by atoms with Crippen LogP contribution in [-0.2, 0) is 6.42 Å². The molecular weight excluding hydrogens is 460 g/mol. The quantitative estimate of drug-likeness (QED) is 0.173. The summed E-state index contributed by atoms with van der Waals surface area (Å²) in [6.07, 6.45) is 7.79. The fraction of sp³-hybridized carbons (Fsp3) is 0.406. The molecule has 0 N–H and O–H groups in total. The van der Waals surface area contributed by atoms with Gasteiger partial charge in [-0.05, 0) is 62.6 Å². The molecule has 0 fully saturated rings. The van der Waals surface area contributed by atoms with Crippen LogP contribution < -0.4 is 14.2 Å². The molecule has 0 aliphatic heterocycles. The van der Waals surface area contributed by atoms with Crippen LogP contribution in [0.4, 0.5) is 0 Å². The first-order valence-electron chi connectivity index (χ1n) is 13.6. The van der Waals surface area contributed by atoms with Crippen LogP contribution in [0.15, 0.2) is 60.7 Å². The van der Waals surface area contributed by atoms with Crippen LogP contribution in [0, 0.1) is 0 Å². The summed E-state index contributed by atoms with van der Waals surface area (Å²) >= 11 is 0. The average Bonchev–Trinajstić information content (AvgIpc) is 3.30. The Morgan fingerprint density at radius 3 is 2.30 bits per heavy atom. The molecule has 1 atom stereocenters. The highest BCUT2D eigenvalue weighted by Crippen LogP contribution is 2.43. The van der Waals surface area contributed by atoms with E-state index in [9.17, 15) is 0 Å². The summed E-state index contributed by atoms with van der Waals surface area (Å²) in [5.41, 5.74) is 4.97. The van der Waals surface area contributed by atoms with Crippen molar-refractivity contribution in [2.45, 2.75) is 71.8 Å². The number of unbranched alkanes of at least 4 members (excludes halogenated alkanes) is 3. The van der Waals surface area contributed by atoms with Gasteiger partial charge in [-0.15, -0.1) is 0 Å². The molecule has 0 aliphatic carbocycles. The summed E-state index contributed by atoms with van der Waals surface area (Å²) in [4.78, 5) is 5.13. The van der Waals surface area contributed by atoms with E-state index in [4.69, 9.17) is 19.2 Å². The van der Waals surface area contributed by atoms with Gasteiger partial charge in [-0.25, -0.2) is 4.98 Å². The monoisotopic (exact) mass is 500 g/mol. The lowest BCUT2D eigenvalue weighted by atomic mass is 10.0. The second-order valence-corrected chi connectivity index (χ2v) is 9.60. The maximum absolute atomic E-state index is 6.49. The summed E-state index contributed by atoms with van der Waals surface area (Å²) < 4.78 is 20.3. The molecule has 4 rings (SSSR count). The van der Waals surface area contributed by atoms with E-state index in [1.165, 1.54) is 12.8 Å². The smallest absolute Gasteiger partial charge is 0.154 e. The highest BCUT2D eigenvalue weighted by Gasteiger charge is 2.21. The molecule has 0 saturated heterocycles. The van der Waals surface area contributed by atoms with Crippen LogP contribution in [0.3, 0.4) is 0 Å². The average molecular weight is 501 g/mol. The fourth-order valence-electron chi connectivity index (χ4n) is 4.86. The molecule has 1 heterocycles. The first-order valence-corrected chi connectivity index (χ1v) is 13.6. The van der Waals surface area contributed by atoms with E-state index in [1.54, 1.807) is 14.2 Å². The van der Waals surface area contributed by atoms with Crippen LogP contribution in [0.25, 0.3) is 27.8 Å². The van der Waals surface area contributed by atoms with Crippen molar-refractivity contribution in [1.29, 1.82) is 0 Å². The highest BCUT2D eigenvalue weighted by atomic mass is 16.5. The van der Waals surface area contributed by atoms with Gasteiger partial charge in [-0.1, -0.05) is 51.3 Å². The first-order chi connectivity index (χ1) is 18.1. The molecule has 5 nitrogen and oxygen atoms in total. The molecule has 37 heavy (non-hydrogen) atoms. The predicted molar refractivity (Wildman–Crippen MR) is 152 cm³/mol. The van der Waals surface area contributed by atoms with Gasteiger partial charge in [0.15, 0.2) is 5.75 Å². The standard InChI is InChI=1S/C32H40N2O3/c1-6-8-11-14-23(3)37-29-22-25(35-4)18-19-26(29)27-20-21-28-31(32(27)36-5)33-30(17-9-7-2)34(28)24-15-12-10-13-16-24/h10,12-13,15-16,18-23H,6-9,11,14,17H2,1-5H3. The minimum absolute atomic E-state index is 0.102. The Kier molecular flexibility index (Phi) is 9.10. The Morgan fingerprint density at radius 1 is 0.838 bits per heavy atom. The number of imidazole rings is 1. The zero-order valence-electron chi connectivity index (χ0n) is 22.9. The number of rotatable bonds is 13. The Balaban J connectivity index is 1.83. The molecule has 3 aromatic carbocycles. The first kappa shape index (κ1) is 26.6. The van der Waals surface area contributed by atoms with Crippen molar-refractivity contribution in [3.8, 4) is 34.1 Å². The largest absolute Gasteiger partial charge is 0.497 e. The second-order valence-electron chi connectivity index (χ2n) is 9.60. The van der Waals surface area contributed by atoms with Crippen LogP contribution in [-0.4, -0.2) is 29.9 Å². The SMILES string of the molecule is CCCCCC(C)Oc1cc(OC)ccc1-c1ccc2c(nc(CCCC)n2-c2ccccc2)c1OC. The van der Waals surface area contributed by atoms with E-state index < -0.39 is 0 Å². The maximum atomic E-state index is 6.49. The number of hydrogen-bond acceptors (Lipinski definition) is 4. The Bertz CT molecular complexity index is 1300. The van der Waals surface area contributed by atoms with E-state index >= 15 is 0 Å². The summed E-state index contributed by atoms with van der Waals surface area (Å²) in [6.45, 7) is 6.57. The molecule has 0 saturated carbocycles. The minimum Gasteiger partial charge on any atom is -0.497 e. The number of benzene rings is 3.